The van der Waals surface area contributed by atoms with Crippen LogP contribution in [0, 0.1) is 17.5 Å². The molecule has 0 bridgehead atoms. The number of aromatic nitrogens is 1. The minimum atomic E-state index is -1.57. The number of phenols is 1. The van der Waals surface area contributed by atoms with E-state index in [1.165, 1.54) is 18.3 Å². The largest absolute Gasteiger partial charge is 0.503 e. The van der Waals surface area contributed by atoms with Crippen LogP contribution in [0.5, 0.6) is 5.75 Å². The Morgan fingerprint density at radius 2 is 1.88 bits per heavy atom. The highest BCUT2D eigenvalue weighted by Crippen LogP contribution is 2.35. The van der Waals surface area contributed by atoms with E-state index in [0.29, 0.717) is 17.3 Å². The fourth-order valence-corrected chi connectivity index (χ4v) is 3.04. The highest BCUT2D eigenvalue weighted by atomic mass is 32.2. The molecule has 3 rings (SSSR count). The molecule has 2 amide bonds. The number of hydrogen-bond donors (Lipinski definition) is 2. The summed E-state index contributed by atoms with van der Waals surface area (Å²) in [6, 6.07) is 2.91. The lowest BCUT2D eigenvalue weighted by atomic mass is 10.1. The molecule has 2 aromatic rings. The van der Waals surface area contributed by atoms with Crippen molar-refractivity contribution in [2.45, 2.75) is 6.54 Å². The van der Waals surface area contributed by atoms with Gasteiger partial charge >= 0.3 is 0 Å². The number of H-pyrrole nitrogens is 1. The standard InChI is InChI=1S/C16H9F3N2O4S/c17-9-4-10(18)14(23)13(19)8(9)3-11-15(24)21(16(25)26-11)6-7-1-2-12(22)20-5-7/h1-5,23H,6H2,(H,20,22). The summed E-state index contributed by atoms with van der Waals surface area (Å²) in [4.78, 5) is 38.3. The highest BCUT2D eigenvalue weighted by Gasteiger charge is 2.35. The van der Waals surface area contributed by atoms with Gasteiger partial charge in [-0.3, -0.25) is 19.3 Å². The second-order valence-electron chi connectivity index (χ2n) is 5.25. The summed E-state index contributed by atoms with van der Waals surface area (Å²) < 4.78 is 40.7. The molecule has 10 heteroatoms. The van der Waals surface area contributed by atoms with E-state index in [1.54, 1.807) is 0 Å². The van der Waals surface area contributed by atoms with Crippen LogP contribution in [0.4, 0.5) is 18.0 Å². The number of hydrogen-bond acceptors (Lipinski definition) is 5. The Labute approximate surface area is 147 Å². The second kappa shape index (κ2) is 6.71. The van der Waals surface area contributed by atoms with Gasteiger partial charge in [-0.05, 0) is 23.4 Å². The van der Waals surface area contributed by atoms with Gasteiger partial charge in [0.05, 0.1) is 17.0 Å². The molecule has 26 heavy (non-hydrogen) atoms. The minimum Gasteiger partial charge on any atom is -0.503 e. The predicted octanol–water partition coefficient (Wildman–Crippen LogP) is 2.73. The van der Waals surface area contributed by atoms with Crippen LogP contribution in [0.1, 0.15) is 11.1 Å². The van der Waals surface area contributed by atoms with Crippen LogP contribution in [-0.2, 0) is 11.3 Å². The number of amides is 2. The molecule has 6 nitrogen and oxygen atoms in total. The molecule has 0 spiro atoms. The van der Waals surface area contributed by atoms with Gasteiger partial charge < -0.3 is 10.1 Å². The Morgan fingerprint density at radius 1 is 1.15 bits per heavy atom. The molecule has 1 aliphatic rings. The molecule has 2 N–H and O–H groups in total. The van der Waals surface area contributed by atoms with E-state index in [-0.39, 0.29) is 23.1 Å². The number of imide groups is 1. The van der Waals surface area contributed by atoms with Gasteiger partial charge in [-0.15, -0.1) is 0 Å². The van der Waals surface area contributed by atoms with Gasteiger partial charge in [-0.1, -0.05) is 6.07 Å². The number of pyridine rings is 1. The number of benzene rings is 1. The maximum absolute atomic E-state index is 13.9. The number of halogens is 3. The average Bonchev–Trinajstić information content (AvgIpc) is 2.86. The van der Waals surface area contributed by atoms with E-state index >= 15 is 0 Å². The van der Waals surface area contributed by atoms with Crippen LogP contribution in [-0.4, -0.2) is 26.1 Å². The number of carbonyl (C=O) groups excluding carboxylic acids is 2. The van der Waals surface area contributed by atoms with E-state index in [9.17, 15) is 32.7 Å². The number of aromatic hydroxyl groups is 1. The minimum absolute atomic E-state index is 0.154. The van der Waals surface area contributed by atoms with Crippen LogP contribution in [0.2, 0.25) is 0 Å². The third-order valence-corrected chi connectivity index (χ3v) is 4.43. The zero-order valence-electron chi connectivity index (χ0n) is 12.8. The summed E-state index contributed by atoms with van der Waals surface area (Å²) in [7, 11) is 0. The molecule has 0 atom stereocenters. The Balaban J connectivity index is 1.92. The normalized spacial score (nSPS) is 16.0. The van der Waals surface area contributed by atoms with E-state index in [1.807, 2.05) is 0 Å². The Hall–Kier alpha value is -3.01. The first kappa shape index (κ1) is 17.8. The number of aromatic amines is 1. The van der Waals surface area contributed by atoms with E-state index in [4.69, 9.17) is 0 Å². The highest BCUT2D eigenvalue weighted by molar-refractivity contribution is 8.18. The lowest BCUT2D eigenvalue weighted by Gasteiger charge is -2.11. The van der Waals surface area contributed by atoms with Gasteiger partial charge in [0, 0.05) is 18.3 Å². The van der Waals surface area contributed by atoms with Crippen LogP contribution < -0.4 is 5.56 Å². The molecule has 1 saturated heterocycles. The predicted molar refractivity (Wildman–Crippen MR) is 86.6 cm³/mol. The summed E-state index contributed by atoms with van der Waals surface area (Å²) in [5.74, 6) is -6.58. The van der Waals surface area contributed by atoms with Gasteiger partial charge in [0.25, 0.3) is 11.1 Å². The van der Waals surface area contributed by atoms with Crippen molar-refractivity contribution in [3.63, 3.8) is 0 Å². The molecule has 0 radical (unpaired) electrons. The summed E-state index contributed by atoms with van der Waals surface area (Å²) in [5, 5.41) is 8.55. The first-order valence-electron chi connectivity index (χ1n) is 7.07. The molecule has 0 aliphatic carbocycles. The Kier molecular flexibility index (Phi) is 4.60. The summed E-state index contributed by atoms with van der Waals surface area (Å²) in [6.07, 6.45) is 2.06. The van der Waals surface area contributed by atoms with Crippen molar-refractivity contribution in [3.8, 4) is 5.75 Å². The van der Waals surface area contributed by atoms with Crippen molar-refractivity contribution < 1.29 is 27.9 Å². The maximum Gasteiger partial charge on any atom is 0.293 e. The number of rotatable bonds is 3. The topological polar surface area (TPSA) is 90.5 Å². The molecule has 0 saturated carbocycles. The van der Waals surface area contributed by atoms with E-state index in [2.05, 4.69) is 4.98 Å². The van der Waals surface area contributed by atoms with Gasteiger partial charge in [0.1, 0.15) is 5.82 Å². The van der Waals surface area contributed by atoms with Crippen LogP contribution in [0.25, 0.3) is 6.08 Å². The average molecular weight is 382 g/mol. The molecular weight excluding hydrogens is 373 g/mol. The summed E-state index contributed by atoms with van der Waals surface area (Å²) >= 11 is 0.444. The number of carbonyl (C=O) groups is 2. The number of phenolic OH excluding ortho intramolecular Hbond substituents is 1. The maximum atomic E-state index is 13.9. The van der Waals surface area contributed by atoms with Crippen molar-refractivity contribution in [2.75, 3.05) is 0 Å². The van der Waals surface area contributed by atoms with Crippen LogP contribution in [0.15, 0.2) is 34.1 Å². The van der Waals surface area contributed by atoms with E-state index in [0.717, 1.165) is 11.0 Å². The monoisotopic (exact) mass is 382 g/mol. The van der Waals surface area contributed by atoms with Gasteiger partial charge in [0.2, 0.25) is 5.56 Å². The SMILES string of the molecule is O=C1SC(=Cc2c(F)cc(F)c(O)c2F)C(=O)N1Cc1ccc(=O)[nH]c1. The smallest absolute Gasteiger partial charge is 0.293 e. The Bertz CT molecular complexity index is 999. The fraction of sp³-hybridized carbons (Fsp3) is 0.0625. The molecule has 1 aromatic carbocycles. The third kappa shape index (κ3) is 3.23. The second-order valence-corrected chi connectivity index (χ2v) is 6.24. The molecule has 1 aliphatic heterocycles. The van der Waals surface area contributed by atoms with Crippen molar-refractivity contribution in [1.82, 2.24) is 9.88 Å². The third-order valence-electron chi connectivity index (χ3n) is 3.52. The van der Waals surface area contributed by atoms with Gasteiger partial charge in [-0.25, -0.2) is 13.2 Å². The molecule has 0 unspecified atom stereocenters. The Morgan fingerprint density at radius 3 is 2.54 bits per heavy atom. The first-order chi connectivity index (χ1) is 12.3. The zero-order chi connectivity index (χ0) is 19.0. The molecule has 134 valence electrons. The molecule has 2 heterocycles. The zero-order valence-corrected chi connectivity index (χ0v) is 13.6. The molecular formula is C16H9F3N2O4S. The van der Waals surface area contributed by atoms with Crippen molar-refractivity contribution in [1.29, 1.82) is 0 Å². The van der Waals surface area contributed by atoms with Gasteiger partial charge in [-0.2, -0.15) is 0 Å². The van der Waals surface area contributed by atoms with Crippen molar-refractivity contribution >= 4 is 29.0 Å². The lowest BCUT2D eigenvalue weighted by molar-refractivity contribution is -0.123. The van der Waals surface area contributed by atoms with Gasteiger partial charge in [0.15, 0.2) is 17.4 Å². The van der Waals surface area contributed by atoms with Crippen molar-refractivity contribution in [2.24, 2.45) is 0 Å². The summed E-state index contributed by atoms with van der Waals surface area (Å²) in [6.45, 7) is -0.154. The lowest BCUT2D eigenvalue weighted by Crippen LogP contribution is -2.27. The number of thioether (sulfide) groups is 1. The molecule has 1 fully saturated rings. The number of nitrogens with one attached hydrogen (secondary N) is 1. The van der Waals surface area contributed by atoms with Crippen LogP contribution in [0.3, 0.4) is 0 Å². The first-order valence-corrected chi connectivity index (χ1v) is 7.89. The fourth-order valence-electron chi connectivity index (χ4n) is 2.22. The number of nitrogens with zero attached hydrogens (tertiary/aromatic N) is 1. The molecule has 1 aromatic heterocycles. The van der Waals surface area contributed by atoms with E-state index < -0.39 is 39.9 Å². The van der Waals surface area contributed by atoms with Crippen molar-refractivity contribution in [3.05, 3.63) is 68.2 Å². The van der Waals surface area contributed by atoms with Crippen LogP contribution >= 0.6 is 11.8 Å². The summed E-state index contributed by atoms with van der Waals surface area (Å²) in [5.41, 5.74) is -0.728. The quantitative estimate of drug-likeness (QED) is 0.797.